The van der Waals surface area contributed by atoms with Gasteiger partial charge in [-0.25, -0.2) is 0 Å². The molecular weight excluding hydrogens is 322 g/mol. The van der Waals surface area contributed by atoms with Gasteiger partial charge >= 0.3 is 0 Å². The van der Waals surface area contributed by atoms with Gasteiger partial charge in [-0.05, 0) is 36.7 Å². The third-order valence-corrected chi connectivity index (χ3v) is 4.24. The molecule has 0 fully saturated rings. The van der Waals surface area contributed by atoms with Crippen molar-refractivity contribution < 1.29 is 4.79 Å². The highest BCUT2D eigenvalue weighted by molar-refractivity contribution is 9.10. The number of aromatic nitrogens is 4. The summed E-state index contributed by atoms with van der Waals surface area (Å²) in [5.74, 6) is -0.191. The third-order valence-electron chi connectivity index (χ3n) is 3.29. The second-order valence-corrected chi connectivity index (χ2v) is 5.44. The molecule has 0 radical (unpaired) electrons. The molecule has 1 N–H and O–H groups in total. The molecule has 1 amide bonds. The molecular formula is C13H18BrN5O. The summed E-state index contributed by atoms with van der Waals surface area (Å²) in [5.41, 5.74) is 3.28. The zero-order valence-electron chi connectivity index (χ0n) is 12.1. The van der Waals surface area contributed by atoms with Crippen LogP contribution in [0.5, 0.6) is 0 Å². The summed E-state index contributed by atoms with van der Waals surface area (Å²) in [6, 6.07) is 0. The van der Waals surface area contributed by atoms with E-state index in [0.717, 1.165) is 28.0 Å². The number of halogens is 1. The first-order valence-electron chi connectivity index (χ1n) is 6.44. The third kappa shape index (κ3) is 2.77. The van der Waals surface area contributed by atoms with E-state index in [0.29, 0.717) is 12.2 Å². The van der Waals surface area contributed by atoms with Crippen molar-refractivity contribution in [2.24, 2.45) is 7.05 Å². The van der Waals surface area contributed by atoms with Crippen LogP contribution in [0, 0.1) is 13.8 Å². The van der Waals surface area contributed by atoms with Gasteiger partial charge in [-0.1, -0.05) is 0 Å². The highest BCUT2D eigenvalue weighted by atomic mass is 79.9. The lowest BCUT2D eigenvalue weighted by atomic mass is 10.2. The monoisotopic (exact) mass is 339 g/mol. The number of aryl methyl sites for hydroxylation is 3. The van der Waals surface area contributed by atoms with E-state index in [2.05, 4.69) is 31.4 Å². The Balaban J connectivity index is 2.08. The Morgan fingerprint density at radius 1 is 1.40 bits per heavy atom. The Labute approximate surface area is 126 Å². The SMILES string of the molecule is CCn1cc(CNC(=O)c2nn(C)c(C)c2Br)c(C)n1. The molecule has 6 nitrogen and oxygen atoms in total. The summed E-state index contributed by atoms with van der Waals surface area (Å²) in [6.45, 7) is 7.15. The smallest absolute Gasteiger partial charge is 0.273 e. The molecule has 20 heavy (non-hydrogen) atoms. The first-order chi connectivity index (χ1) is 9.43. The Morgan fingerprint density at radius 2 is 2.10 bits per heavy atom. The molecule has 0 saturated heterocycles. The van der Waals surface area contributed by atoms with Gasteiger partial charge in [-0.3, -0.25) is 14.2 Å². The fraction of sp³-hybridized carbons (Fsp3) is 0.462. The van der Waals surface area contributed by atoms with Crippen LogP contribution in [0.25, 0.3) is 0 Å². The lowest BCUT2D eigenvalue weighted by Gasteiger charge is -2.02. The number of hydrogen-bond donors (Lipinski definition) is 1. The maximum atomic E-state index is 12.1. The molecule has 0 saturated carbocycles. The van der Waals surface area contributed by atoms with Crippen molar-refractivity contribution in [3.05, 3.63) is 33.3 Å². The van der Waals surface area contributed by atoms with Crippen LogP contribution in [-0.4, -0.2) is 25.5 Å². The van der Waals surface area contributed by atoms with Gasteiger partial charge in [0, 0.05) is 31.9 Å². The number of amides is 1. The van der Waals surface area contributed by atoms with Gasteiger partial charge in [0.25, 0.3) is 5.91 Å². The maximum absolute atomic E-state index is 12.1. The van der Waals surface area contributed by atoms with Crippen LogP contribution >= 0.6 is 15.9 Å². The van der Waals surface area contributed by atoms with Crippen molar-refractivity contribution in [2.45, 2.75) is 33.9 Å². The van der Waals surface area contributed by atoms with E-state index in [4.69, 9.17) is 0 Å². The number of carbonyl (C=O) groups excluding carboxylic acids is 1. The molecule has 0 aliphatic carbocycles. The quantitative estimate of drug-likeness (QED) is 0.925. The van der Waals surface area contributed by atoms with Crippen molar-refractivity contribution in [3.8, 4) is 0 Å². The molecule has 2 heterocycles. The zero-order valence-corrected chi connectivity index (χ0v) is 13.7. The molecule has 0 aromatic carbocycles. The number of nitrogens with one attached hydrogen (secondary N) is 1. The van der Waals surface area contributed by atoms with E-state index in [1.165, 1.54) is 0 Å². The molecule has 0 aliphatic heterocycles. The highest BCUT2D eigenvalue weighted by Gasteiger charge is 2.17. The lowest BCUT2D eigenvalue weighted by Crippen LogP contribution is -2.24. The van der Waals surface area contributed by atoms with Gasteiger partial charge in [0.1, 0.15) is 0 Å². The molecule has 0 atom stereocenters. The maximum Gasteiger partial charge on any atom is 0.273 e. The molecule has 0 aliphatic rings. The van der Waals surface area contributed by atoms with Gasteiger partial charge in [0.15, 0.2) is 5.69 Å². The predicted molar refractivity (Wildman–Crippen MR) is 79.5 cm³/mol. The molecule has 2 aromatic rings. The molecule has 2 rings (SSSR count). The number of nitrogens with zero attached hydrogens (tertiary/aromatic N) is 4. The van der Waals surface area contributed by atoms with Crippen LogP contribution in [-0.2, 0) is 20.1 Å². The van der Waals surface area contributed by atoms with Crippen molar-refractivity contribution in [1.29, 1.82) is 0 Å². The topological polar surface area (TPSA) is 64.7 Å². The fourth-order valence-corrected chi connectivity index (χ4v) is 2.40. The predicted octanol–water partition coefficient (Wildman–Crippen LogP) is 1.95. The summed E-state index contributed by atoms with van der Waals surface area (Å²) in [5, 5.41) is 11.4. The van der Waals surface area contributed by atoms with Gasteiger partial charge in [0.2, 0.25) is 0 Å². The van der Waals surface area contributed by atoms with E-state index in [9.17, 15) is 4.79 Å². The van der Waals surface area contributed by atoms with E-state index in [1.54, 1.807) is 4.68 Å². The second kappa shape index (κ2) is 5.78. The Hall–Kier alpha value is -1.63. The number of hydrogen-bond acceptors (Lipinski definition) is 3. The molecule has 0 spiro atoms. The van der Waals surface area contributed by atoms with Crippen molar-refractivity contribution in [2.75, 3.05) is 0 Å². The van der Waals surface area contributed by atoms with Crippen LogP contribution in [0.2, 0.25) is 0 Å². The Kier molecular flexibility index (Phi) is 4.27. The van der Waals surface area contributed by atoms with E-state index in [-0.39, 0.29) is 5.91 Å². The Morgan fingerprint density at radius 3 is 2.60 bits per heavy atom. The average Bonchev–Trinajstić information content (AvgIpc) is 2.91. The molecule has 2 aromatic heterocycles. The summed E-state index contributed by atoms with van der Waals surface area (Å²) in [4.78, 5) is 12.1. The van der Waals surface area contributed by atoms with Crippen molar-refractivity contribution in [3.63, 3.8) is 0 Å². The van der Waals surface area contributed by atoms with E-state index < -0.39 is 0 Å². The van der Waals surface area contributed by atoms with Crippen LogP contribution < -0.4 is 5.32 Å². The molecule has 7 heteroatoms. The zero-order chi connectivity index (χ0) is 14.9. The van der Waals surface area contributed by atoms with Crippen LogP contribution in [0.15, 0.2) is 10.7 Å². The molecule has 0 bridgehead atoms. The number of carbonyl (C=O) groups is 1. The highest BCUT2D eigenvalue weighted by Crippen LogP contribution is 2.19. The summed E-state index contributed by atoms with van der Waals surface area (Å²) >= 11 is 3.40. The van der Waals surface area contributed by atoms with E-state index >= 15 is 0 Å². The fourth-order valence-electron chi connectivity index (χ4n) is 1.88. The van der Waals surface area contributed by atoms with Crippen molar-refractivity contribution in [1.82, 2.24) is 24.9 Å². The summed E-state index contributed by atoms with van der Waals surface area (Å²) in [6.07, 6.45) is 1.95. The first kappa shape index (κ1) is 14.8. The molecule has 108 valence electrons. The standard InChI is InChI=1S/C13H18BrN5O/c1-5-19-7-10(8(2)16-19)6-15-13(20)12-11(14)9(3)18(4)17-12/h7H,5-6H2,1-4H3,(H,15,20). The largest absolute Gasteiger partial charge is 0.346 e. The molecule has 0 unspecified atom stereocenters. The minimum absolute atomic E-state index is 0.191. The minimum atomic E-state index is -0.191. The van der Waals surface area contributed by atoms with Crippen LogP contribution in [0.1, 0.15) is 34.4 Å². The number of rotatable bonds is 4. The lowest BCUT2D eigenvalue weighted by molar-refractivity contribution is 0.0944. The van der Waals surface area contributed by atoms with Crippen molar-refractivity contribution >= 4 is 21.8 Å². The summed E-state index contributed by atoms with van der Waals surface area (Å²) < 4.78 is 4.27. The normalized spacial score (nSPS) is 10.8. The van der Waals surface area contributed by atoms with Gasteiger partial charge in [0.05, 0.1) is 15.9 Å². The van der Waals surface area contributed by atoms with E-state index in [1.807, 2.05) is 38.7 Å². The van der Waals surface area contributed by atoms with Crippen LogP contribution in [0.3, 0.4) is 0 Å². The van der Waals surface area contributed by atoms with Gasteiger partial charge in [-0.2, -0.15) is 10.2 Å². The van der Waals surface area contributed by atoms with Gasteiger partial charge in [-0.15, -0.1) is 0 Å². The van der Waals surface area contributed by atoms with Crippen LogP contribution in [0.4, 0.5) is 0 Å². The second-order valence-electron chi connectivity index (χ2n) is 4.65. The minimum Gasteiger partial charge on any atom is -0.346 e. The Bertz CT molecular complexity index is 643. The summed E-state index contributed by atoms with van der Waals surface area (Å²) in [7, 11) is 1.81. The van der Waals surface area contributed by atoms with Gasteiger partial charge < -0.3 is 5.32 Å². The average molecular weight is 340 g/mol. The first-order valence-corrected chi connectivity index (χ1v) is 7.23.